The summed E-state index contributed by atoms with van der Waals surface area (Å²) in [7, 11) is 1.70. The van der Waals surface area contributed by atoms with Gasteiger partial charge >= 0.3 is 0 Å². The van der Waals surface area contributed by atoms with Crippen molar-refractivity contribution in [2.75, 3.05) is 23.9 Å². The van der Waals surface area contributed by atoms with Gasteiger partial charge in [-0.05, 0) is 55.3 Å². The van der Waals surface area contributed by atoms with Crippen LogP contribution in [0.2, 0.25) is 0 Å². The largest absolute Gasteiger partial charge is 0.493 e. The summed E-state index contributed by atoms with van der Waals surface area (Å²) >= 11 is 0. The van der Waals surface area contributed by atoms with Crippen LogP contribution in [0, 0.1) is 5.92 Å². The molecule has 2 aromatic carbocycles. The fourth-order valence-electron chi connectivity index (χ4n) is 2.76. The Morgan fingerprint density at radius 2 is 1.93 bits per heavy atom. The number of fused-ring (bicyclic) bond motifs is 1. The lowest BCUT2D eigenvalue weighted by molar-refractivity contribution is -0.125. The van der Waals surface area contributed by atoms with Crippen molar-refractivity contribution in [1.82, 2.24) is 0 Å². The van der Waals surface area contributed by atoms with E-state index in [9.17, 15) is 9.59 Å². The Hall–Kier alpha value is -3.02. The van der Waals surface area contributed by atoms with Crippen LogP contribution in [0.15, 0.2) is 42.5 Å². The van der Waals surface area contributed by atoms with Gasteiger partial charge in [0.2, 0.25) is 0 Å². The van der Waals surface area contributed by atoms with Gasteiger partial charge in [0.25, 0.3) is 11.8 Å². The van der Waals surface area contributed by atoms with Gasteiger partial charge in [-0.15, -0.1) is 0 Å². The van der Waals surface area contributed by atoms with E-state index < -0.39 is 6.10 Å². The summed E-state index contributed by atoms with van der Waals surface area (Å²) in [4.78, 5) is 26.1. The van der Waals surface area contributed by atoms with Crippen LogP contribution >= 0.6 is 0 Å². The summed E-state index contributed by atoms with van der Waals surface area (Å²) < 4.78 is 11.2. The number of nitrogens with one attached hydrogen (secondary N) is 1. The molecular formula is C21H24N2O4. The summed E-state index contributed by atoms with van der Waals surface area (Å²) in [6, 6.07) is 12.3. The topological polar surface area (TPSA) is 67.9 Å². The van der Waals surface area contributed by atoms with Crippen molar-refractivity contribution >= 4 is 23.2 Å². The number of nitrogens with zero attached hydrogens (tertiary/aromatic N) is 1. The molecule has 6 heteroatoms. The van der Waals surface area contributed by atoms with Gasteiger partial charge in [0, 0.05) is 18.3 Å². The quantitative estimate of drug-likeness (QED) is 0.873. The zero-order valence-electron chi connectivity index (χ0n) is 16.0. The van der Waals surface area contributed by atoms with Crippen LogP contribution in [0.1, 0.15) is 31.1 Å². The first-order valence-corrected chi connectivity index (χ1v) is 8.97. The van der Waals surface area contributed by atoms with Gasteiger partial charge in [-0.25, -0.2) is 0 Å². The fraction of sp³-hybridized carbons (Fsp3) is 0.333. The molecule has 3 rings (SSSR count). The molecule has 1 aliphatic heterocycles. The molecule has 2 aromatic rings. The van der Waals surface area contributed by atoms with Crippen molar-refractivity contribution < 1.29 is 19.1 Å². The van der Waals surface area contributed by atoms with Crippen LogP contribution in [0.4, 0.5) is 11.4 Å². The molecule has 0 spiro atoms. The van der Waals surface area contributed by atoms with Crippen molar-refractivity contribution in [3.63, 3.8) is 0 Å². The summed E-state index contributed by atoms with van der Waals surface area (Å²) in [6.45, 7) is 6.51. The third-order valence-corrected chi connectivity index (χ3v) is 4.26. The number of hydrogen-bond donors (Lipinski definition) is 1. The van der Waals surface area contributed by atoms with Gasteiger partial charge < -0.3 is 19.7 Å². The first-order valence-electron chi connectivity index (χ1n) is 8.97. The van der Waals surface area contributed by atoms with E-state index in [2.05, 4.69) is 19.2 Å². The number of amides is 2. The molecule has 1 N–H and O–H groups in total. The number of hydrogen-bond acceptors (Lipinski definition) is 4. The Kier molecular flexibility index (Phi) is 5.35. The molecule has 0 radical (unpaired) electrons. The standard InChI is InChI=1S/C21H24N2O4/c1-13(2)12-26-17-8-5-15(6-9-17)20(24)22-16-7-10-19-18(11-16)23(4)21(25)14(3)27-19/h5-11,13-14H,12H2,1-4H3,(H,22,24)/t14-/m1/s1. The van der Waals surface area contributed by atoms with E-state index in [1.807, 2.05) is 0 Å². The van der Waals surface area contributed by atoms with Crippen molar-refractivity contribution in [3.05, 3.63) is 48.0 Å². The van der Waals surface area contributed by atoms with Gasteiger partial charge in [-0.3, -0.25) is 9.59 Å². The zero-order valence-corrected chi connectivity index (χ0v) is 16.0. The minimum Gasteiger partial charge on any atom is -0.493 e. The van der Waals surface area contributed by atoms with Crippen molar-refractivity contribution in [3.8, 4) is 11.5 Å². The molecule has 0 bridgehead atoms. The first-order chi connectivity index (χ1) is 12.8. The highest BCUT2D eigenvalue weighted by Crippen LogP contribution is 2.35. The highest BCUT2D eigenvalue weighted by atomic mass is 16.5. The SMILES string of the molecule is CC(C)COc1ccc(C(=O)Nc2ccc3c(c2)N(C)C(=O)[C@@H](C)O3)cc1. The molecule has 0 saturated carbocycles. The number of ether oxygens (including phenoxy) is 2. The van der Waals surface area contributed by atoms with Gasteiger partial charge in [-0.1, -0.05) is 13.8 Å². The molecule has 0 aromatic heterocycles. The van der Waals surface area contributed by atoms with Crippen molar-refractivity contribution in [2.24, 2.45) is 5.92 Å². The monoisotopic (exact) mass is 368 g/mol. The summed E-state index contributed by atoms with van der Waals surface area (Å²) in [5.41, 5.74) is 1.75. The Labute approximate surface area is 159 Å². The predicted molar refractivity (Wildman–Crippen MR) is 105 cm³/mol. The number of carbonyl (C=O) groups is 2. The maximum atomic E-state index is 12.5. The Morgan fingerprint density at radius 1 is 1.22 bits per heavy atom. The molecule has 0 fully saturated rings. The van der Waals surface area contributed by atoms with Crippen molar-refractivity contribution in [2.45, 2.75) is 26.9 Å². The summed E-state index contributed by atoms with van der Waals surface area (Å²) in [6.07, 6.45) is -0.514. The Balaban J connectivity index is 1.70. The molecule has 142 valence electrons. The van der Waals surface area contributed by atoms with E-state index >= 15 is 0 Å². The second-order valence-electron chi connectivity index (χ2n) is 7.02. The summed E-state index contributed by atoms with van der Waals surface area (Å²) in [5.74, 6) is 1.44. The molecule has 0 saturated heterocycles. The number of anilines is 2. The lowest BCUT2D eigenvalue weighted by Gasteiger charge is -2.30. The van der Waals surface area contributed by atoms with E-state index in [0.717, 1.165) is 5.75 Å². The van der Waals surface area contributed by atoms with Crippen LogP contribution in [0.3, 0.4) is 0 Å². The predicted octanol–water partition coefficient (Wildman–Crippen LogP) is 3.72. The molecule has 0 unspecified atom stereocenters. The second-order valence-corrected chi connectivity index (χ2v) is 7.02. The number of carbonyl (C=O) groups excluding carboxylic acids is 2. The molecule has 1 aliphatic rings. The Morgan fingerprint density at radius 3 is 2.59 bits per heavy atom. The summed E-state index contributed by atoms with van der Waals surface area (Å²) in [5, 5.41) is 2.85. The molecule has 1 heterocycles. The molecular weight excluding hydrogens is 344 g/mol. The minimum absolute atomic E-state index is 0.122. The number of likely N-dealkylation sites (N-methyl/N-ethyl adjacent to an activating group) is 1. The Bertz CT molecular complexity index is 846. The van der Waals surface area contributed by atoms with Crippen LogP contribution in [-0.2, 0) is 4.79 Å². The third kappa shape index (κ3) is 4.22. The average Bonchev–Trinajstić information content (AvgIpc) is 2.65. The smallest absolute Gasteiger partial charge is 0.267 e. The highest BCUT2D eigenvalue weighted by Gasteiger charge is 2.29. The van der Waals surface area contributed by atoms with Crippen LogP contribution in [0.5, 0.6) is 11.5 Å². The maximum Gasteiger partial charge on any atom is 0.267 e. The van der Waals surface area contributed by atoms with Gasteiger partial charge in [0.15, 0.2) is 6.10 Å². The van der Waals surface area contributed by atoms with E-state index in [4.69, 9.17) is 9.47 Å². The number of benzene rings is 2. The second kappa shape index (κ2) is 7.70. The van der Waals surface area contributed by atoms with Gasteiger partial charge in [-0.2, -0.15) is 0 Å². The van der Waals surface area contributed by atoms with Gasteiger partial charge in [0.1, 0.15) is 11.5 Å². The van der Waals surface area contributed by atoms with E-state index in [-0.39, 0.29) is 11.8 Å². The van der Waals surface area contributed by atoms with E-state index in [1.165, 1.54) is 0 Å². The molecule has 27 heavy (non-hydrogen) atoms. The zero-order chi connectivity index (χ0) is 19.6. The number of rotatable bonds is 5. The fourth-order valence-corrected chi connectivity index (χ4v) is 2.76. The van der Waals surface area contributed by atoms with Crippen LogP contribution in [-0.4, -0.2) is 31.6 Å². The lowest BCUT2D eigenvalue weighted by atomic mass is 10.1. The third-order valence-electron chi connectivity index (χ3n) is 4.26. The lowest BCUT2D eigenvalue weighted by Crippen LogP contribution is -2.41. The van der Waals surface area contributed by atoms with Crippen molar-refractivity contribution in [1.29, 1.82) is 0 Å². The minimum atomic E-state index is -0.514. The van der Waals surface area contributed by atoms with Crippen LogP contribution in [0.25, 0.3) is 0 Å². The maximum absolute atomic E-state index is 12.5. The highest BCUT2D eigenvalue weighted by molar-refractivity contribution is 6.05. The molecule has 1 atom stereocenters. The molecule has 0 aliphatic carbocycles. The average molecular weight is 368 g/mol. The normalized spacial score (nSPS) is 16.0. The van der Waals surface area contributed by atoms with E-state index in [1.54, 1.807) is 61.3 Å². The molecule has 6 nitrogen and oxygen atoms in total. The van der Waals surface area contributed by atoms with Crippen LogP contribution < -0.4 is 19.7 Å². The van der Waals surface area contributed by atoms with E-state index in [0.29, 0.717) is 35.2 Å². The van der Waals surface area contributed by atoms with Gasteiger partial charge in [0.05, 0.1) is 12.3 Å². The molecule has 2 amide bonds. The first kappa shape index (κ1) is 18.8.